The molecule has 2 heteroatoms. The van der Waals surface area contributed by atoms with Gasteiger partial charge >= 0.3 is 0 Å². The molecule has 0 N–H and O–H groups in total. The number of hydrogen-bond donors (Lipinski definition) is 0. The molecule has 6 saturated carbocycles. The first-order valence-electron chi connectivity index (χ1n) is 13.0. The van der Waals surface area contributed by atoms with E-state index < -0.39 is 0 Å². The van der Waals surface area contributed by atoms with Crippen molar-refractivity contribution in [1.29, 1.82) is 0 Å². The van der Waals surface area contributed by atoms with Crippen LogP contribution >= 0.6 is 0 Å². The van der Waals surface area contributed by atoms with E-state index in [-0.39, 0.29) is 11.7 Å². The van der Waals surface area contributed by atoms with Crippen LogP contribution in [0.15, 0.2) is 24.3 Å². The molecule has 0 saturated heterocycles. The van der Waals surface area contributed by atoms with Gasteiger partial charge in [-0.05, 0) is 124 Å². The van der Waals surface area contributed by atoms with Crippen LogP contribution in [0.2, 0.25) is 0 Å². The largest absolute Gasteiger partial charge is 0.464 e. The molecular weight excluding hydrogens is 368 g/mol. The van der Waals surface area contributed by atoms with Gasteiger partial charge in [0.2, 0.25) is 6.29 Å². The van der Waals surface area contributed by atoms with Crippen molar-refractivity contribution < 1.29 is 9.47 Å². The fourth-order valence-electron chi connectivity index (χ4n) is 8.34. The maximum absolute atomic E-state index is 7.11. The van der Waals surface area contributed by atoms with E-state index in [9.17, 15) is 0 Å². The molecule has 0 amide bonds. The molecule has 7 rings (SSSR count). The molecule has 1 aromatic rings. The van der Waals surface area contributed by atoms with Crippen molar-refractivity contribution in [3.63, 3.8) is 0 Å². The van der Waals surface area contributed by atoms with Gasteiger partial charge in [-0.15, -0.1) is 0 Å². The summed E-state index contributed by atoms with van der Waals surface area (Å²) in [4.78, 5) is 0. The molecule has 6 aliphatic carbocycles. The predicted molar refractivity (Wildman–Crippen MR) is 120 cm³/mol. The molecule has 164 valence electrons. The van der Waals surface area contributed by atoms with Crippen LogP contribution in [0.3, 0.4) is 0 Å². The van der Waals surface area contributed by atoms with Crippen LogP contribution < -0.4 is 4.74 Å². The molecule has 6 aliphatic rings. The van der Waals surface area contributed by atoms with Gasteiger partial charge in [0, 0.05) is 5.41 Å². The van der Waals surface area contributed by atoms with E-state index in [0.717, 1.165) is 35.3 Å². The van der Waals surface area contributed by atoms with E-state index in [4.69, 9.17) is 9.47 Å². The van der Waals surface area contributed by atoms with Gasteiger partial charge in [0.15, 0.2) is 0 Å². The van der Waals surface area contributed by atoms with Crippen molar-refractivity contribution in [3.8, 4) is 5.75 Å². The van der Waals surface area contributed by atoms with Crippen LogP contribution in [0.5, 0.6) is 5.75 Å². The number of rotatable bonds is 7. The van der Waals surface area contributed by atoms with Crippen LogP contribution in [-0.4, -0.2) is 12.4 Å². The van der Waals surface area contributed by atoms with E-state index in [1.807, 2.05) is 0 Å². The molecular formula is C28H40O2. The summed E-state index contributed by atoms with van der Waals surface area (Å²) in [7, 11) is 0. The lowest BCUT2D eigenvalue weighted by molar-refractivity contribution is -0.235. The van der Waals surface area contributed by atoms with Gasteiger partial charge in [-0.25, -0.2) is 0 Å². The number of hydrogen-bond acceptors (Lipinski definition) is 2. The molecule has 2 unspecified atom stereocenters. The Balaban J connectivity index is 1.23. The minimum absolute atomic E-state index is 0.0398. The average molecular weight is 409 g/mol. The summed E-state index contributed by atoms with van der Waals surface area (Å²) in [6, 6.07) is 8.94. The molecule has 0 aromatic heterocycles. The van der Waals surface area contributed by atoms with Crippen molar-refractivity contribution in [2.24, 2.45) is 35.0 Å². The van der Waals surface area contributed by atoms with Gasteiger partial charge in [0.05, 0.1) is 6.10 Å². The molecule has 6 fully saturated rings. The Morgan fingerprint density at radius 1 is 0.900 bits per heavy atom. The van der Waals surface area contributed by atoms with E-state index in [2.05, 4.69) is 38.1 Å². The Labute approximate surface area is 183 Å². The summed E-state index contributed by atoms with van der Waals surface area (Å²) in [6.45, 7) is 4.57. The summed E-state index contributed by atoms with van der Waals surface area (Å²) in [5.41, 5.74) is 1.69. The van der Waals surface area contributed by atoms with Gasteiger partial charge in [0.1, 0.15) is 5.75 Å². The van der Waals surface area contributed by atoms with Crippen molar-refractivity contribution >= 4 is 0 Å². The smallest absolute Gasteiger partial charge is 0.205 e. The van der Waals surface area contributed by atoms with E-state index >= 15 is 0 Å². The molecule has 30 heavy (non-hydrogen) atoms. The van der Waals surface area contributed by atoms with Gasteiger partial charge < -0.3 is 9.47 Å². The predicted octanol–water partition coefficient (Wildman–Crippen LogP) is 7.33. The first-order valence-corrected chi connectivity index (χ1v) is 13.0. The second-order valence-corrected chi connectivity index (χ2v) is 11.9. The lowest BCUT2D eigenvalue weighted by Gasteiger charge is -2.55. The van der Waals surface area contributed by atoms with Crippen molar-refractivity contribution in [2.45, 2.75) is 103 Å². The Morgan fingerprint density at radius 3 is 2.07 bits per heavy atom. The van der Waals surface area contributed by atoms with Gasteiger partial charge in [-0.1, -0.05) is 26.0 Å². The maximum atomic E-state index is 7.11. The van der Waals surface area contributed by atoms with Crippen LogP contribution in [0.4, 0.5) is 0 Å². The highest BCUT2D eigenvalue weighted by molar-refractivity contribution is 5.29. The quantitative estimate of drug-likeness (QED) is 0.440. The number of fused-ring (bicyclic) bond motifs is 2. The molecule has 2 nitrogen and oxygen atoms in total. The van der Waals surface area contributed by atoms with E-state index in [1.54, 1.807) is 0 Å². The van der Waals surface area contributed by atoms with Crippen molar-refractivity contribution in [2.75, 3.05) is 0 Å². The molecule has 0 radical (unpaired) electrons. The second-order valence-electron chi connectivity index (χ2n) is 11.9. The highest BCUT2D eigenvalue weighted by Gasteiger charge is 2.55. The van der Waals surface area contributed by atoms with Crippen molar-refractivity contribution in [3.05, 3.63) is 29.8 Å². The third-order valence-electron chi connectivity index (χ3n) is 10.0. The summed E-state index contributed by atoms with van der Waals surface area (Å²) < 4.78 is 13.9. The lowest BCUT2D eigenvalue weighted by atomic mass is 9.55. The molecule has 0 heterocycles. The second kappa shape index (κ2) is 7.54. The highest BCUT2D eigenvalue weighted by atomic mass is 16.7. The van der Waals surface area contributed by atoms with Gasteiger partial charge in [-0.2, -0.15) is 0 Å². The van der Waals surface area contributed by atoms with E-state index in [1.165, 1.54) is 76.2 Å². The molecule has 0 spiro atoms. The summed E-state index contributed by atoms with van der Waals surface area (Å²) in [5.74, 6) is 6.15. The third kappa shape index (κ3) is 3.33. The van der Waals surface area contributed by atoms with Crippen molar-refractivity contribution in [1.82, 2.24) is 0 Å². The third-order valence-corrected chi connectivity index (χ3v) is 10.0. The minimum atomic E-state index is -0.0398. The average Bonchev–Trinajstić information content (AvgIpc) is 3.37. The fraction of sp³-hybridized carbons (Fsp3) is 0.786. The SMILES string of the molecule is CCC(C)c1ccc(OC(OC2C3CC4CC(C3)CC2C4)C23CCC(CC2)C3)cc1. The molecule has 0 aliphatic heterocycles. The van der Waals surface area contributed by atoms with Crippen LogP contribution in [0.25, 0.3) is 0 Å². The monoisotopic (exact) mass is 408 g/mol. The Hall–Kier alpha value is -1.02. The summed E-state index contributed by atoms with van der Waals surface area (Å²) >= 11 is 0. The zero-order chi connectivity index (χ0) is 20.3. The fourth-order valence-corrected chi connectivity index (χ4v) is 8.34. The first kappa shape index (κ1) is 19.6. The molecule has 1 aromatic carbocycles. The standard InChI is InChI=1S/C28H40O2/c1-3-18(2)22-4-6-25(7-5-22)29-27(28-10-8-19(17-28)9-11-28)30-26-23-13-20-12-21(15-23)16-24(26)14-20/h4-7,18-21,23-24,26-27H,3,8-17H2,1-2H3. The molecule has 6 bridgehead atoms. The minimum Gasteiger partial charge on any atom is -0.464 e. The lowest BCUT2D eigenvalue weighted by Crippen LogP contribution is -2.53. The van der Waals surface area contributed by atoms with Gasteiger partial charge in [0.25, 0.3) is 0 Å². The Kier molecular flexibility index (Phi) is 4.94. The Bertz CT molecular complexity index is 716. The van der Waals surface area contributed by atoms with Crippen LogP contribution in [0.1, 0.15) is 96.0 Å². The normalized spacial score (nSPS) is 43.1. The topological polar surface area (TPSA) is 18.5 Å². The Morgan fingerprint density at radius 2 is 1.53 bits per heavy atom. The number of ether oxygens (including phenoxy) is 2. The van der Waals surface area contributed by atoms with Crippen LogP contribution in [0, 0.1) is 35.0 Å². The van der Waals surface area contributed by atoms with Crippen LogP contribution in [-0.2, 0) is 4.74 Å². The molecule has 2 atom stereocenters. The van der Waals surface area contributed by atoms with E-state index in [0.29, 0.717) is 12.0 Å². The maximum Gasteiger partial charge on any atom is 0.205 e. The zero-order valence-corrected chi connectivity index (χ0v) is 19.0. The number of benzene rings is 1. The summed E-state index contributed by atoms with van der Waals surface area (Å²) in [5, 5.41) is 0. The summed E-state index contributed by atoms with van der Waals surface area (Å²) in [6.07, 6.45) is 15.5. The zero-order valence-electron chi connectivity index (χ0n) is 19.0. The highest BCUT2D eigenvalue weighted by Crippen LogP contribution is 2.59. The first-order chi connectivity index (χ1) is 14.6. The van der Waals surface area contributed by atoms with Gasteiger partial charge in [-0.3, -0.25) is 0 Å².